The van der Waals surface area contributed by atoms with E-state index in [4.69, 9.17) is 0 Å². The number of hydrogen-bond acceptors (Lipinski definition) is 5. The number of anilines is 1. The number of thioether (sulfide) groups is 1. The highest BCUT2D eigenvalue weighted by Crippen LogP contribution is 2.29. The maximum Gasteiger partial charge on any atom is 0.202 e. The number of nitrogens with zero attached hydrogens (tertiary/aromatic N) is 2. The Balaban J connectivity index is 1.88. The van der Waals surface area contributed by atoms with E-state index in [1.54, 1.807) is 0 Å². The third-order valence-corrected chi connectivity index (χ3v) is 4.85. The molecule has 0 bridgehead atoms. The molecule has 90 valence electrons. The Hall–Kier alpha value is -0.290. The predicted molar refractivity (Wildman–Crippen MR) is 72.5 cm³/mol. The average Bonchev–Trinajstić information content (AvgIpc) is 2.77. The second kappa shape index (κ2) is 5.87. The summed E-state index contributed by atoms with van der Waals surface area (Å²) in [6.45, 7) is 2.09. The summed E-state index contributed by atoms with van der Waals surface area (Å²) in [6.07, 6.45) is 8.39. The van der Waals surface area contributed by atoms with Crippen molar-refractivity contribution in [2.24, 2.45) is 0 Å². The molecule has 0 amide bonds. The molecule has 0 aromatic carbocycles. The summed E-state index contributed by atoms with van der Waals surface area (Å²) in [5, 5.41) is 5.36. The summed E-state index contributed by atoms with van der Waals surface area (Å²) in [5.74, 6) is 0.963. The molecule has 2 unspecified atom stereocenters. The molecule has 1 heterocycles. The van der Waals surface area contributed by atoms with Gasteiger partial charge in [-0.15, -0.1) is 0 Å². The molecule has 1 aliphatic carbocycles. The van der Waals surface area contributed by atoms with E-state index in [1.807, 2.05) is 11.8 Å². The minimum atomic E-state index is 0.601. The Bertz CT molecular complexity index is 327. The smallest absolute Gasteiger partial charge is 0.202 e. The second-order valence-electron chi connectivity index (χ2n) is 4.23. The van der Waals surface area contributed by atoms with Gasteiger partial charge in [0.25, 0.3) is 0 Å². The highest BCUT2D eigenvalue weighted by molar-refractivity contribution is 7.99. The first-order valence-corrected chi connectivity index (χ1v) is 8.00. The zero-order valence-electron chi connectivity index (χ0n) is 9.90. The Morgan fingerprint density at radius 1 is 1.50 bits per heavy atom. The lowest BCUT2D eigenvalue weighted by molar-refractivity contribution is 0.473. The molecule has 3 nitrogen and oxygen atoms in total. The van der Waals surface area contributed by atoms with Gasteiger partial charge in [0.05, 0.1) is 0 Å². The SMILES string of the molecule is CCc1nsc(NC2CCCC(SC)C2)n1. The topological polar surface area (TPSA) is 37.8 Å². The highest BCUT2D eigenvalue weighted by atomic mass is 32.2. The van der Waals surface area contributed by atoms with Gasteiger partial charge in [0, 0.05) is 29.2 Å². The van der Waals surface area contributed by atoms with Crippen LogP contribution in [0, 0.1) is 0 Å². The maximum atomic E-state index is 4.46. The monoisotopic (exact) mass is 257 g/mol. The van der Waals surface area contributed by atoms with Crippen LogP contribution >= 0.6 is 23.3 Å². The summed E-state index contributed by atoms with van der Waals surface area (Å²) < 4.78 is 4.30. The zero-order valence-corrected chi connectivity index (χ0v) is 11.5. The van der Waals surface area contributed by atoms with Crippen molar-refractivity contribution in [2.75, 3.05) is 11.6 Å². The molecular formula is C11H19N3S2. The van der Waals surface area contributed by atoms with Gasteiger partial charge in [-0.05, 0) is 25.5 Å². The van der Waals surface area contributed by atoms with Crippen LogP contribution in [0.25, 0.3) is 0 Å². The summed E-state index contributed by atoms with van der Waals surface area (Å²) in [7, 11) is 0. The van der Waals surface area contributed by atoms with Gasteiger partial charge in [0.15, 0.2) is 0 Å². The van der Waals surface area contributed by atoms with E-state index in [0.717, 1.165) is 22.6 Å². The Morgan fingerprint density at radius 3 is 3.06 bits per heavy atom. The van der Waals surface area contributed by atoms with Gasteiger partial charge in [0.1, 0.15) is 5.82 Å². The first-order valence-electron chi connectivity index (χ1n) is 5.93. The largest absolute Gasteiger partial charge is 0.358 e. The minimum Gasteiger partial charge on any atom is -0.358 e. The van der Waals surface area contributed by atoms with Crippen LogP contribution < -0.4 is 5.32 Å². The van der Waals surface area contributed by atoms with Crippen LogP contribution in [0.2, 0.25) is 0 Å². The number of aromatic nitrogens is 2. The van der Waals surface area contributed by atoms with E-state index in [0.29, 0.717) is 6.04 Å². The number of aryl methyl sites for hydroxylation is 1. The van der Waals surface area contributed by atoms with Crippen LogP contribution in [-0.4, -0.2) is 26.9 Å². The van der Waals surface area contributed by atoms with Crippen molar-refractivity contribution in [3.05, 3.63) is 5.82 Å². The van der Waals surface area contributed by atoms with Crippen molar-refractivity contribution in [3.63, 3.8) is 0 Å². The highest BCUT2D eigenvalue weighted by Gasteiger charge is 2.21. The first kappa shape index (κ1) is 12.2. The van der Waals surface area contributed by atoms with E-state index in [2.05, 4.69) is 27.9 Å². The molecule has 16 heavy (non-hydrogen) atoms. The molecule has 1 aromatic heterocycles. The van der Waals surface area contributed by atoms with Crippen molar-refractivity contribution in [1.29, 1.82) is 0 Å². The molecular weight excluding hydrogens is 238 g/mol. The first-order chi connectivity index (χ1) is 7.81. The van der Waals surface area contributed by atoms with Crippen molar-refractivity contribution in [1.82, 2.24) is 9.36 Å². The van der Waals surface area contributed by atoms with Gasteiger partial charge in [-0.25, -0.2) is 4.98 Å². The molecule has 0 spiro atoms. The van der Waals surface area contributed by atoms with Crippen molar-refractivity contribution in [2.45, 2.75) is 50.3 Å². The zero-order chi connectivity index (χ0) is 11.4. The fourth-order valence-corrected chi connectivity index (χ4v) is 3.68. The molecule has 5 heteroatoms. The predicted octanol–water partition coefficient (Wildman–Crippen LogP) is 3.19. The molecule has 2 rings (SSSR count). The summed E-state index contributed by atoms with van der Waals surface area (Å²) in [5.41, 5.74) is 0. The quantitative estimate of drug-likeness (QED) is 0.899. The third-order valence-electron chi connectivity index (χ3n) is 3.07. The van der Waals surface area contributed by atoms with Gasteiger partial charge in [0.2, 0.25) is 5.13 Å². The molecule has 0 aliphatic heterocycles. The molecule has 1 aliphatic rings. The van der Waals surface area contributed by atoms with Gasteiger partial charge >= 0.3 is 0 Å². The minimum absolute atomic E-state index is 0.601. The Morgan fingerprint density at radius 2 is 2.38 bits per heavy atom. The van der Waals surface area contributed by atoms with Crippen LogP contribution in [-0.2, 0) is 6.42 Å². The van der Waals surface area contributed by atoms with Gasteiger partial charge < -0.3 is 5.32 Å². The summed E-state index contributed by atoms with van der Waals surface area (Å²) in [4.78, 5) is 4.46. The molecule has 1 saturated carbocycles. The maximum absolute atomic E-state index is 4.46. The molecule has 0 saturated heterocycles. The van der Waals surface area contributed by atoms with Crippen molar-refractivity contribution in [3.8, 4) is 0 Å². The average molecular weight is 257 g/mol. The van der Waals surface area contributed by atoms with E-state index in [9.17, 15) is 0 Å². The van der Waals surface area contributed by atoms with E-state index in [-0.39, 0.29) is 0 Å². The molecule has 1 aromatic rings. The van der Waals surface area contributed by atoms with Crippen LogP contribution in [0.1, 0.15) is 38.4 Å². The van der Waals surface area contributed by atoms with Crippen LogP contribution in [0.15, 0.2) is 0 Å². The number of rotatable bonds is 4. The van der Waals surface area contributed by atoms with E-state index >= 15 is 0 Å². The van der Waals surface area contributed by atoms with Crippen LogP contribution in [0.5, 0.6) is 0 Å². The summed E-state index contributed by atoms with van der Waals surface area (Å²) >= 11 is 3.49. The van der Waals surface area contributed by atoms with Crippen molar-refractivity contribution < 1.29 is 0 Å². The Labute approximate surface area is 106 Å². The fourth-order valence-electron chi connectivity index (χ4n) is 2.12. The molecule has 1 fully saturated rings. The van der Waals surface area contributed by atoms with Crippen LogP contribution in [0.3, 0.4) is 0 Å². The van der Waals surface area contributed by atoms with Gasteiger partial charge in [-0.3, -0.25) is 0 Å². The summed E-state index contributed by atoms with van der Waals surface area (Å²) in [6, 6.07) is 0.601. The van der Waals surface area contributed by atoms with Gasteiger partial charge in [-0.2, -0.15) is 16.1 Å². The third kappa shape index (κ3) is 3.10. The lowest BCUT2D eigenvalue weighted by atomic mass is 9.95. The van der Waals surface area contributed by atoms with E-state index < -0.39 is 0 Å². The normalized spacial score (nSPS) is 25.6. The number of nitrogens with one attached hydrogen (secondary N) is 1. The Kier molecular flexibility index (Phi) is 4.46. The fraction of sp³-hybridized carbons (Fsp3) is 0.818. The standard InChI is InChI=1S/C11H19N3S2/c1-3-10-13-11(16-14-10)12-8-5-4-6-9(7-8)15-2/h8-9H,3-7H2,1-2H3,(H,12,13,14). The number of hydrogen-bond donors (Lipinski definition) is 1. The molecule has 2 atom stereocenters. The van der Waals surface area contributed by atoms with Gasteiger partial charge in [-0.1, -0.05) is 13.3 Å². The van der Waals surface area contributed by atoms with E-state index in [1.165, 1.54) is 37.2 Å². The lowest BCUT2D eigenvalue weighted by Gasteiger charge is -2.28. The second-order valence-corrected chi connectivity index (χ2v) is 6.12. The lowest BCUT2D eigenvalue weighted by Crippen LogP contribution is -2.28. The molecule has 0 radical (unpaired) electrons. The van der Waals surface area contributed by atoms with Crippen molar-refractivity contribution >= 4 is 28.4 Å². The molecule has 1 N–H and O–H groups in total. The van der Waals surface area contributed by atoms with Crippen LogP contribution in [0.4, 0.5) is 5.13 Å².